The Kier molecular flexibility index (Phi) is 3.07. The van der Waals surface area contributed by atoms with Crippen LogP contribution in [0.4, 0.5) is 0 Å². The summed E-state index contributed by atoms with van der Waals surface area (Å²) < 4.78 is 21.7. The number of hydrogen-bond donors (Lipinski definition) is 0. The van der Waals surface area contributed by atoms with Gasteiger partial charge in [-0.2, -0.15) is 8.42 Å². The third kappa shape index (κ3) is 1.85. The van der Waals surface area contributed by atoms with Gasteiger partial charge in [-0.25, -0.2) is 0 Å². The smallest absolute Gasteiger partial charge is 0.255 e. The Bertz CT molecular complexity index is 412. The van der Waals surface area contributed by atoms with E-state index in [-0.39, 0.29) is 16.5 Å². The Morgan fingerprint density at radius 3 is 2.50 bits per heavy atom. The average Bonchev–Trinajstić information content (AvgIpc) is 2.45. The lowest BCUT2D eigenvalue weighted by Crippen LogP contribution is -2.31. The maximum Gasteiger partial charge on any atom is 0.255 e. The van der Waals surface area contributed by atoms with Crippen LogP contribution in [0.25, 0.3) is 0 Å². The first-order chi connectivity index (χ1) is 6.45. The van der Waals surface area contributed by atoms with E-state index in [0.29, 0.717) is 6.54 Å². The highest BCUT2D eigenvalue weighted by Gasteiger charge is 2.27. The molecular weight excluding hydrogens is 204 g/mol. The van der Waals surface area contributed by atoms with Crippen molar-refractivity contribution in [3.63, 3.8) is 0 Å². The highest BCUT2D eigenvalue weighted by Crippen LogP contribution is 2.11. The largest absolute Gasteiger partial charge is 0.345 e. The number of nitrogens with zero attached hydrogens (tertiary/aromatic N) is 2. The third-order valence-corrected chi connectivity index (χ3v) is 2.79. The normalized spacial score (nSPS) is 16.8. The molecular formula is C8H12N2O3S. The Morgan fingerprint density at radius 1 is 1.50 bits per heavy atom. The number of carbonyl (C=O) groups is 1. The first-order valence-electron chi connectivity index (χ1n) is 4.04. The van der Waals surface area contributed by atoms with Gasteiger partial charge in [-0.15, -0.1) is 0 Å². The molecule has 0 aliphatic carbocycles. The molecule has 0 aromatic heterocycles. The molecule has 1 aliphatic rings. The minimum atomic E-state index is -2.36. The summed E-state index contributed by atoms with van der Waals surface area (Å²) in [5.74, 6) is -0.284. The van der Waals surface area contributed by atoms with Crippen LogP contribution in [0.1, 0.15) is 0 Å². The van der Waals surface area contributed by atoms with Gasteiger partial charge in [0.05, 0.1) is 5.57 Å². The monoisotopic (exact) mass is 216 g/mol. The molecule has 0 aromatic rings. The fourth-order valence-electron chi connectivity index (χ4n) is 1.24. The molecule has 0 aromatic carbocycles. The molecule has 0 saturated carbocycles. The lowest BCUT2D eigenvalue weighted by molar-refractivity contribution is -0.124. The minimum absolute atomic E-state index is 0.0729. The number of likely N-dealkylation sites (N-methyl/N-ethyl adjacent to an activating group) is 2. The van der Waals surface area contributed by atoms with Crippen LogP contribution < -0.4 is 0 Å². The molecule has 1 heterocycles. The molecule has 0 fully saturated rings. The highest BCUT2D eigenvalue weighted by atomic mass is 32.2. The van der Waals surface area contributed by atoms with Crippen LogP contribution in [0.2, 0.25) is 0 Å². The summed E-state index contributed by atoms with van der Waals surface area (Å²) in [5.41, 5.74) is 0.255. The van der Waals surface area contributed by atoms with Crippen molar-refractivity contribution in [2.75, 3.05) is 27.7 Å². The van der Waals surface area contributed by atoms with E-state index in [4.69, 9.17) is 0 Å². The Morgan fingerprint density at radius 2 is 2.07 bits per heavy atom. The summed E-state index contributed by atoms with van der Waals surface area (Å²) >= 11 is 0. The van der Waals surface area contributed by atoms with Crippen molar-refractivity contribution in [2.24, 2.45) is 0 Å². The van der Waals surface area contributed by atoms with E-state index >= 15 is 0 Å². The second-order valence-corrected chi connectivity index (χ2v) is 4.09. The van der Waals surface area contributed by atoms with Crippen LogP contribution in [0.3, 0.4) is 0 Å². The molecule has 0 atom stereocenters. The van der Waals surface area contributed by atoms with Crippen molar-refractivity contribution < 1.29 is 13.2 Å². The summed E-state index contributed by atoms with van der Waals surface area (Å²) in [5, 5.41) is 0. The lowest BCUT2D eigenvalue weighted by atomic mass is 10.2. The Hall–Kier alpha value is -1.14. The topological polar surface area (TPSA) is 57.7 Å². The molecule has 6 heteroatoms. The van der Waals surface area contributed by atoms with Gasteiger partial charge in [-0.05, 0) is 7.05 Å². The van der Waals surface area contributed by atoms with E-state index in [1.165, 1.54) is 9.80 Å². The minimum Gasteiger partial charge on any atom is -0.345 e. The number of hydrogen-bond acceptors (Lipinski definition) is 3. The van der Waals surface area contributed by atoms with Crippen molar-refractivity contribution in [1.29, 1.82) is 0 Å². The highest BCUT2D eigenvalue weighted by molar-refractivity contribution is 7.73. The zero-order valence-electron chi connectivity index (χ0n) is 8.31. The van der Waals surface area contributed by atoms with E-state index in [1.807, 2.05) is 0 Å². The van der Waals surface area contributed by atoms with Crippen LogP contribution >= 0.6 is 0 Å². The Balaban J connectivity index is 3.15. The quantitative estimate of drug-likeness (QED) is 0.525. The van der Waals surface area contributed by atoms with Crippen LogP contribution in [0, 0.1) is 0 Å². The van der Waals surface area contributed by atoms with Crippen LogP contribution in [0.5, 0.6) is 0 Å². The second-order valence-electron chi connectivity index (χ2n) is 3.24. The molecule has 1 aliphatic heterocycles. The maximum absolute atomic E-state index is 11.5. The van der Waals surface area contributed by atoms with Gasteiger partial charge in [0, 0.05) is 20.6 Å². The fraction of sp³-hybridized carbons (Fsp3) is 0.500. The van der Waals surface area contributed by atoms with Crippen molar-refractivity contribution in [3.8, 4) is 0 Å². The van der Waals surface area contributed by atoms with E-state index in [9.17, 15) is 13.2 Å². The maximum atomic E-state index is 11.5. The summed E-state index contributed by atoms with van der Waals surface area (Å²) in [6.07, 6.45) is 1.62. The van der Waals surface area contributed by atoms with Gasteiger partial charge in [0.2, 0.25) is 10.3 Å². The van der Waals surface area contributed by atoms with Crippen molar-refractivity contribution in [1.82, 2.24) is 9.80 Å². The van der Waals surface area contributed by atoms with Gasteiger partial charge in [-0.3, -0.25) is 9.69 Å². The lowest BCUT2D eigenvalue weighted by Gasteiger charge is -2.12. The van der Waals surface area contributed by atoms with Crippen molar-refractivity contribution in [3.05, 3.63) is 11.6 Å². The Labute approximate surface area is 84.1 Å². The number of amides is 1. The van der Waals surface area contributed by atoms with Crippen LogP contribution in [-0.2, 0) is 15.1 Å². The summed E-state index contributed by atoms with van der Waals surface area (Å²) in [4.78, 5) is 14.5. The standard InChI is InChI=1S/C8H12N2O3S/c1-9(2)7(11)6-4-5-10(3)8(6)14(12)13/h4H,5H2,1-3H3. The molecule has 1 amide bonds. The summed E-state index contributed by atoms with van der Waals surface area (Å²) in [6.45, 7) is 0.457. The third-order valence-electron chi connectivity index (χ3n) is 1.94. The van der Waals surface area contributed by atoms with Crippen molar-refractivity contribution in [2.45, 2.75) is 0 Å². The molecule has 0 unspecified atom stereocenters. The zero-order valence-corrected chi connectivity index (χ0v) is 9.13. The SMILES string of the molecule is CN(C)C(=O)C1=CCN(C)C1=S(=O)=O. The molecule has 0 spiro atoms. The molecule has 0 bridgehead atoms. The summed E-state index contributed by atoms with van der Waals surface area (Å²) in [6, 6.07) is 0. The van der Waals surface area contributed by atoms with Gasteiger partial charge in [0.25, 0.3) is 5.91 Å². The van der Waals surface area contributed by atoms with Gasteiger partial charge in [0.1, 0.15) is 0 Å². The van der Waals surface area contributed by atoms with Crippen LogP contribution in [-0.4, -0.2) is 56.8 Å². The molecule has 0 N–H and O–H groups in total. The molecule has 14 heavy (non-hydrogen) atoms. The van der Waals surface area contributed by atoms with Gasteiger partial charge in [-0.1, -0.05) is 6.08 Å². The second kappa shape index (κ2) is 3.93. The van der Waals surface area contributed by atoms with Gasteiger partial charge < -0.3 is 4.90 Å². The molecule has 1 rings (SSSR count). The van der Waals surface area contributed by atoms with Crippen molar-refractivity contribution >= 4 is 21.2 Å². The molecule has 78 valence electrons. The van der Waals surface area contributed by atoms with E-state index in [1.54, 1.807) is 27.2 Å². The van der Waals surface area contributed by atoms with E-state index in [0.717, 1.165) is 0 Å². The summed E-state index contributed by atoms with van der Waals surface area (Å²) in [7, 11) is 2.46. The van der Waals surface area contributed by atoms with Gasteiger partial charge in [0.15, 0.2) is 4.99 Å². The first kappa shape index (κ1) is 10.9. The first-order valence-corrected chi connectivity index (χ1v) is 5.12. The average molecular weight is 216 g/mol. The fourth-order valence-corrected chi connectivity index (χ4v) is 1.92. The predicted molar refractivity (Wildman–Crippen MR) is 53.3 cm³/mol. The van der Waals surface area contributed by atoms with E-state index in [2.05, 4.69) is 0 Å². The number of carbonyl (C=O) groups excluding carboxylic acids is 1. The predicted octanol–water partition coefficient (Wildman–Crippen LogP) is -1.04. The molecule has 0 radical (unpaired) electrons. The van der Waals surface area contributed by atoms with Gasteiger partial charge >= 0.3 is 0 Å². The molecule has 0 saturated heterocycles. The molecule has 5 nitrogen and oxygen atoms in total. The number of rotatable bonds is 1. The van der Waals surface area contributed by atoms with Crippen LogP contribution in [0.15, 0.2) is 11.6 Å². The zero-order chi connectivity index (χ0) is 10.9. The van der Waals surface area contributed by atoms with E-state index < -0.39 is 10.3 Å².